The second kappa shape index (κ2) is 4.98. The van der Waals surface area contributed by atoms with E-state index in [4.69, 9.17) is 0 Å². The summed E-state index contributed by atoms with van der Waals surface area (Å²) in [4.78, 5) is 47.7. The molecule has 0 aliphatic carbocycles. The van der Waals surface area contributed by atoms with E-state index in [-0.39, 0.29) is 12.5 Å². The van der Waals surface area contributed by atoms with Crippen LogP contribution in [0.4, 0.5) is 0 Å². The Morgan fingerprint density at radius 2 is 1.78 bits per heavy atom. The number of amides is 3. The van der Waals surface area contributed by atoms with Crippen molar-refractivity contribution in [3.63, 3.8) is 0 Å². The van der Waals surface area contributed by atoms with E-state index in [1.807, 2.05) is 0 Å². The minimum atomic E-state index is -0.421. The molecule has 2 aliphatic heterocycles. The van der Waals surface area contributed by atoms with Crippen molar-refractivity contribution < 1.29 is 14.4 Å². The number of fused-ring (bicyclic) bond motifs is 2. The second-order valence-corrected chi connectivity index (χ2v) is 5.49. The average Bonchev–Trinajstić information content (AvgIpc) is 3.11. The number of hydrogen-bond acceptors (Lipinski definition) is 5. The minimum absolute atomic E-state index is 0.256. The number of carbonyl (C=O) groups excluding carboxylic acids is 3. The first kappa shape index (κ1) is 13.6. The van der Waals surface area contributed by atoms with E-state index in [1.165, 1.54) is 6.33 Å². The molecule has 3 heterocycles. The average molecular weight is 308 g/mol. The van der Waals surface area contributed by atoms with Gasteiger partial charge in [-0.25, -0.2) is 9.97 Å². The molecule has 0 N–H and O–H groups in total. The molecule has 0 bridgehead atoms. The summed E-state index contributed by atoms with van der Waals surface area (Å²) in [7, 11) is 0. The van der Waals surface area contributed by atoms with Gasteiger partial charge in [0.1, 0.15) is 12.9 Å². The van der Waals surface area contributed by atoms with Gasteiger partial charge in [0, 0.05) is 18.3 Å². The Bertz CT molecular complexity index is 789. The van der Waals surface area contributed by atoms with Gasteiger partial charge < -0.3 is 4.90 Å². The third kappa shape index (κ3) is 2.09. The van der Waals surface area contributed by atoms with Crippen LogP contribution >= 0.6 is 0 Å². The Morgan fingerprint density at radius 3 is 2.43 bits per heavy atom. The van der Waals surface area contributed by atoms with Crippen LogP contribution in [0, 0.1) is 0 Å². The quantitative estimate of drug-likeness (QED) is 0.759. The lowest BCUT2D eigenvalue weighted by Gasteiger charge is -2.19. The molecule has 1 aromatic heterocycles. The highest BCUT2D eigenvalue weighted by molar-refractivity contribution is 6.22. The van der Waals surface area contributed by atoms with Crippen LogP contribution in [-0.4, -0.2) is 44.0 Å². The molecule has 0 spiro atoms. The Morgan fingerprint density at radius 1 is 1.09 bits per heavy atom. The summed E-state index contributed by atoms with van der Waals surface area (Å²) >= 11 is 0. The lowest BCUT2D eigenvalue weighted by Crippen LogP contribution is -2.40. The molecular weight excluding hydrogens is 296 g/mol. The molecule has 3 amide bonds. The van der Waals surface area contributed by atoms with Crippen molar-refractivity contribution in [2.45, 2.75) is 13.1 Å². The summed E-state index contributed by atoms with van der Waals surface area (Å²) in [6, 6.07) is 6.60. The maximum Gasteiger partial charge on any atom is 0.262 e. The SMILES string of the molecule is O=C(CN1C(=O)c2ccccc2C1=O)N1Cc2cncnc2C1. The van der Waals surface area contributed by atoms with E-state index in [9.17, 15) is 14.4 Å². The van der Waals surface area contributed by atoms with Gasteiger partial charge in [-0.3, -0.25) is 19.3 Å². The lowest BCUT2D eigenvalue weighted by atomic mass is 10.1. The first-order chi connectivity index (χ1) is 11.1. The maximum absolute atomic E-state index is 12.4. The molecule has 4 rings (SSSR count). The number of imide groups is 1. The normalized spacial score (nSPS) is 15.8. The standard InChI is InChI=1S/C16H12N4O3/c21-14(19-6-10-5-17-9-18-13(10)7-19)8-20-15(22)11-3-1-2-4-12(11)16(20)23/h1-5,9H,6-8H2. The molecule has 0 fully saturated rings. The maximum atomic E-state index is 12.4. The predicted molar refractivity (Wildman–Crippen MR) is 78.1 cm³/mol. The van der Waals surface area contributed by atoms with Crippen LogP contribution in [-0.2, 0) is 17.9 Å². The van der Waals surface area contributed by atoms with Crippen molar-refractivity contribution in [2.75, 3.05) is 6.54 Å². The van der Waals surface area contributed by atoms with Crippen LogP contribution in [0.15, 0.2) is 36.8 Å². The Kier molecular flexibility index (Phi) is 2.94. The topological polar surface area (TPSA) is 83.5 Å². The van der Waals surface area contributed by atoms with Gasteiger partial charge >= 0.3 is 0 Å². The van der Waals surface area contributed by atoms with Crippen molar-refractivity contribution in [2.24, 2.45) is 0 Å². The second-order valence-electron chi connectivity index (χ2n) is 5.49. The fourth-order valence-electron chi connectivity index (χ4n) is 2.89. The van der Waals surface area contributed by atoms with Crippen LogP contribution < -0.4 is 0 Å². The smallest absolute Gasteiger partial charge is 0.262 e. The van der Waals surface area contributed by atoms with E-state index in [2.05, 4.69) is 9.97 Å². The molecule has 7 nitrogen and oxygen atoms in total. The summed E-state index contributed by atoms with van der Waals surface area (Å²) in [6.07, 6.45) is 3.12. The Hall–Kier alpha value is -3.09. The Balaban J connectivity index is 1.51. The summed E-state index contributed by atoms with van der Waals surface area (Å²) in [5.41, 5.74) is 2.39. The number of carbonyl (C=O) groups is 3. The number of nitrogens with zero attached hydrogens (tertiary/aromatic N) is 4. The fraction of sp³-hybridized carbons (Fsp3) is 0.188. The molecule has 0 unspecified atom stereocenters. The Labute approximate surface area is 131 Å². The molecule has 0 radical (unpaired) electrons. The summed E-state index contributed by atoms with van der Waals surface area (Å²) in [6.45, 7) is 0.520. The van der Waals surface area contributed by atoms with Crippen molar-refractivity contribution in [1.29, 1.82) is 0 Å². The van der Waals surface area contributed by atoms with Gasteiger partial charge in [0.15, 0.2) is 0 Å². The molecule has 0 saturated heterocycles. The molecule has 1 aromatic carbocycles. The molecule has 2 aromatic rings. The first-order valence-corrected chi connectivity index (χ1v) is 7.16. The molecule has 0 atom stereocenters. The van der Waals surface area contributed by atoms with Crippen molar-refractivity contribution in [3.05, 3.63) is 59.2 Å². The summed E-state index contributed by atoms with van der Waals surface area (Å²) in [5.74, 6) is -1.12. The molecule has 114 valence electrons. The van der Waals surface area contributed by atoms with Gasteiger partial charge in [0.25, 0.3) is 11.8 Å². The zero-order valence-corrected chi connectivity index (χ0v) is 12.1. The molecule has 7 heteroatoms. The van der Waals surface area contributed by atoms with Gasteiger partial charge in [-0.15, -0.1) is 0 Å². The van der Waals surface area contributed by atoms with E-state index in [1.54, 1.807) is 35.4 Å². The van der Waals surface area contributed by atoms with Crippen LogP contribution in [0.1, 0.15) is 32.0 Å². The summed E-state index contributed by atoms with van der Waals surface area (Å²) < 4.78 is 0. The highest BCUT2D eigenvalue weighted by Gasteiger charge is 2.37. The van der Waals surface area contributed by atoms with Gasteiger partial charge in [0.2, 0.25) is 5.91 Å². The molecule has 0 saturated carbocycles. The number of hydrogen-bond donors (Lipinski definition) is 0. The van der Waals surface area contributed by atoms with Gasteiger partial charge in [0.05, 0.1) is 23.4 Å². The van der Waals surface area contributed by atoms with E-state index >= 15 is 0 Å². The third-order valence-corrected chi connectivity index (χ3v) is 4.11. The van der Waals surface area contributed by atoms with E-state index in [0.717, 1.165) is 16.2 Å². The fourth-order valence-corrected chi connectivity index (χ4v) is 2.89. The monoisotopic (exact) mass is 308 g/mol. The van der Waals surface area contributed by atoms with Gasteiger partial charge in [-0.05, 0) is 12.1 Å². The summed E-state index contributed by atoms with van der Waals surface area (Å²) in [5, 5.41) is 0. The van der Waals surface area contributed by atoms with E-state index < -0.39 is 11.8 Å². The van der Waals surface area contributed by atoms with Crippen molar-refractivity contribution >= 4 is 17.7 Å². The zero-order valence-electron chi connectivity index (χ0n) is 12.1. The van der Waals surface area contributed by atoms with Gasteiger partial charge in [-0.1, -0.05) is 12.1 Å². The van der Waals surface area contributed by atoms with E-state index in [0.29, 0.717) is 24.2 Å². The number of rotatable bonds is 2. The molecular formula is C16H12N4O3. The largest absolute Gasteiger partial charge is 0.331 e. The van der Waals surface area contributed by atoms with Crippen molar-refractivity contribution in [1.82, 2.24) is 19.8 Å². The van der Waals surface area contributed by atoms with Crippen LogP contribution in [0.5, 0.6) is 0 Å². The lowest BCUT2D eigenvalue weighted by molar-refractivity contribution is -0.132. The van der Waals surface area contributed by atoms with Gasteiger partial charge in [-0.2, -0.15) is 0 Å². The zero-order chi connectivity index (χ0) is 16.0. The van der Waals surface area contributed by atoms with Crippen molar-refractivity contribution in [3.8, 4) is 0 Å². The number of aromatic nitrogens is 2. The molecule has 23 heavy (non-hydrogen) atoms. The highest BCUT2D eigenvalue weighted by atomic mass is 16.2. The molecule has 2 aliphatic rings. The number of benzene rings is 1. The predicted octanol–water partition coefficient (Wildman–Crippen LogP) is 0.615. The highest BCUT2D eigenvalue weighted by Crippen LogP contribution is 2.24. The third-order valence-electron chi connectivity index (χ3n) is 4.11. The van der Waals surface area contributed by atoms with Crippen LogP contribution in [0.25, 0.3) is 0 Å². The van der Waals surface area contributed by atoms with Crippen LogP contribution in [0.3, 0.4) is 0 Å². The first-order valence-electron chi connectivity index (χ1n) is 7.16. The van der Waals surface area contributed by atoms with Crippen LogP contribution in [0.2, 0.25) is 0 Å². The minimum Gasteiger partial charge on any atom is -0.331 e.